The molecule has 1 atom stereocenters. The van der Waals surface area contributed by atoms with Crippen molar-refractivity contribution >= 4 is 17.9 Å². The van der Waals surface area contributed by atoms with Crippen LogP contribution in [0.4, 0.5) is 0 Å². The van der Waals surface area contributed by atoms with Gasteiger partial charge in [0.15, 0.2) is 6.10 Å². The van der Waals surface area contributed by atoms with Gasteiger partial charge in [-0.05, 0) is 128 Å². The maximum atomic E-state index is 12.9. The molecule has 0 aliphatic carbocycles. The van der Waals surface area contributed by atoms with E-state index in [1.165, 1.54) is 141 Å². The van der Waals surface area contributed by atoms with E-state index < -0.39 is 6.10 Å². The van der Waals surface area contributed by atoms with Crippen LogP contribution in [0.5, 0.6) is 0 Å². The average Bonchev–Trinajstić information content (AvgIpc) is 3.48. The molecule has 0 aromatic rings. The molecular weight excluding hydrogens is 1010 g/mol. The molecular formula is C76H128O6. The van der Waals surface area contributed by atoms with E-state index in [2.05, 4.69) is 142 Å². The predicted octanol–water partition coefficient (Wildman–Crippen LogP) is 23.9. The summed E-state index contributed by atoms with van der Waals surface area (Å²) in [6, 6.07) is 0. The van der Waals surface area contributed by atoms with E-state index in [-0.39, 0.29) is 31.1 Å². The third-order valence-corrected chi connectivity index (χ3v) is 14.7. The third-order valence-electron chi connectivity index (χ3n) is 14.7. The molecule has 0 fully saturated rings. The fourth-order valence-corrected chi connectivity index (χ4v) is 9.57. The van der Waals surface area contributed by atoms with E-state index in [0.717, 1.165) is 141 Å². The van der Waals surface area contributed by atoms with E-state index in [4.69, 9.17) is 14.2 Å². The molecule has 0 saturated heterocycles. The summed E-state index contributed by atoms with van der Waals surface area (Å²) in [7, 11) is 0. The van der Waals surface area contributed by atoms with Crippen LogP contribution >= 0.6 is 0 Å². The van der Waals surface area contributed by atoms with Gasteiger partial charge in [0.05, 0.1) is 0 Å². The molecule has 0 aliphatic rings. The highest BCUT2D eigenvalue weighted by Crippen LogP contribution is 2.17. The Morgan fingerprint density at radius 2 is 0.476 bits per heavy atom. The summed E-state index contributed by atoms with van der Waals surface area (Å²) in [6.07, 6.45) is 96.6. The molecule has 468 valence electrons. The van der Waals surface area contributed by atoms with Gasteiger partial charge in [0.2, 0.25) is 0 Å². The van der Waals surface area contributed by atoms with Crippen LogP contribution in [0.1, 0.15) is 323 Å². The van der Waals surface area contributed by atoms with E-state index in [0.29, 0.717) is 19.3 Å². The first-order chi connectivity index (χ1) is 40.5. The second-order valence-electron chi connectivity index (χ2n) is 22.7. The van der Waals surface area contributed by atoms with Gasteiger partial charge in [-0.15, -0.1) is 0 Å². The summed E-state index contributed by atoms with van der Waals surface area (Å²) >= 11 is 0. The average molecular weight is 1140 g/mol. The molecule has 0 aromatic heterocycles. The lowest BCUT2D eigenvalue weighted by Crippen LogP contribution is -2.30. The van der Waals surface area contributed by atoms with E-state index in [9.17, 15) is 14.4 Å². The summed E-state index contributed by atoms with van der Waals surface area (Å²) in [6.45, 7) is 6.41. The van der Waals surface area contributed by atoms with Crippen molar-refractivity contribution in [1.82, 2.24) is 0 Å². The molecule has 0 aromatic carbocycles. The SMILES string of the molecule is CC/C=C\C/C=C\C/C=C\C/C=C\C/C=C\C/C=C\CCCCCCCCCCCCCCCCCCC(=O)OCC(COC(=O)CCCCCCC/C=C\CCCCCCC)OC(=O)CCCCCCC/C=C\C/C=C\C/C=C\CC. The molecule has 0 heterocycles. The lowest BCUT2D eigenvalue weighted by molar-refractivity contribution is -0.167. The van der Waals surface area contributed by atoms with Crippen LogP contribution in [-0.4, -0.2) is 37.2 Å². The van der Waals surface area contributed by atoms with Crippen molar-refractivity contribution in [3.8, 4) is 0 Å². The molecule has 0 rings (SSSR count). The fourth-order valence-electron chi connectivity index (χ4n) is 9.57. The Morgan fingerprint density at radius 3 is 0.756 bits per heavy atom. The minimum Gasteiger partial charge on any atom is -0.462 e. The zero-order valence-electron chi connectivity index (χ0n) is 53.7. The Morgan fingerprint density at radius 1 is 0.256 bits per heavy atom. The van der Waals surface area contributed by atoms with E-state index in [1.54, 1.807) is 0 Å². The van der Waals surface area contributed by atoms with Crippen molar-refractivity contribution < 1.29 is 28.6 Å². The number of carbonyl (C=O) groups excluding carboxylic acids is 3. The number of carbonyl (C=O) groups is 3. The van der Waals surface area contributed by atoms with Crippen LogP contribution in [0.25, 0.3) is 0 Å². The Balaban J connectivity index is 4.17. The first kappa shape index (κ1) is 77.8. The van der Waals surface area contributed by atoms with Gasteiger partial charge in [-0.2, -0.15) is 0 Å². The van der Waals surface area contributed by atoms with Gasteiger partial charge < -0.3 is 14.2 Å². The van der Waals surface area contributed by atoms with Gasteiger partial charge in [0.25, 0.3) is 0 Å². The third kappa shape index (κ3) is 66.6. The number of allylic oxidation sites excluding steroid dienone is 20. The van der Waals surface area contributed by atoms with Crippen molar-refractivity contribution in [2.45, 2.75) is 329 Å². The molecule has 0 N–H and O–H groups in total. The summed E-state index contributed by atoms with van der Waals surface area (Å²) in [5.41, 5.74) is 0. The van der Waals surface area contributed by atoms with Crippen LogP contribution in [0.15, 0.2) is 122 Å². The smallest absolute Gasteiger partial charge is 0.306 e. The zero-order valence-corrected chi connectivity index (χ0v) is 53.7. The number of hydrogen-bond acceptors (Lipinski definition) is 6. The van der Waals surface area contributed by atoms with Crippen LogP contribution in [0.2, 0.25) is 0 Å². The zero-order chi connectivity index (χ0) is 59.2. The van der Waals surface area contributed by atoms with Gasteiger partial charge in [0, 0.05) is 19.3 Å². The minimum atomic E-state index is -0.792. The Bertz CT molecular complexity index is 1690. The molecule has 0 bridgehead atoms. The maximum Gasteiger partial charge on any atom is 0.306 e. The van der Waals surface area contributed by atoms with Crippen LogP contribution in [0, 0.1) is 0 Å². The van der Waals surface area contributed by atoms with Gasteiger partial charge in [-0.1, -0.05) is 296 Å². The number of rotatable bonds is 62. The van der Waals surface area contributed by atoms with Gasteiger partial charge in [-0.25, -0.2) is 0 Å². The Hall–Kier alpha value is -4.19. The number of ether oxygens (including phenoxy) is 3. The van der Waals surface area contributed by atoms with Crippen molar-refractivity contribution in [3.05, 3.63) is 122 Å². The molecule has 0 spiro atoms. The monoisotopic (exact) mass is 1140 g/mol. The molecule has 0 saturated carbocycles. The van der Waals surface area contributed by atoms with Crippen molar-refractivity contribution in [1.29, 1.82) is 0 Å². The van der Waals surface area contributed by atoms with Gasteiger partial charge in [-0.3, -0.25) is 14.4 Å². The van der Waals surface area contributed by atoms with E-state index >= 15 is 0 Å². The fraction of sp³-hybridized carbons (Fsp3) is 0.697. The number of hydrogen-bond donors (Lipinski definition) is 0. The summed E-state index contributed by atoms with van der Waals surface area (Å²) < 4.78 is 16.9. The molecule has 0 radical (unpaired) electrons. The number of unbranched alkanes of at least 4 members (excludes halogenated alkanes) is 31. The molecule has 1 unspecified atom stereocenters. The second-order valence-corrected chi connectivity index (χ2v) is 22.7. The van der Waals surface area contributed by atoms with Crippen LogP contribution < -0.4 is 0 Å². The Kier molecular flexibility index (Phi) is 65.8. The van der Waals surface area contributed by atoms with Gasteiger partial charge in [0.1, 0.15) is 13.2 Å². The summed E-state index contributed by atoms with van der Waals surface area (Å²) in [5, 5.41) is 0. The standard InChI is InChI=1S/C76H128O6/c1-4-7-10-13-16-19-22-25-28-29-30-31-32-33-34-35-36-37-38-39-40-41-42-43-44-45-46-47-49-51-54-57-60-63-66-69-75(78)81-72-73(71-80-74(77)68-65-62-59-56-53-50-27-24-21-18-15-12-9-6-3)82-76(79)70-67-64-61-58-55-52-48-26-23-20-17-14-11-8-5-2/h7-8,10-11,16-17,19-20,24-28,30-31,33-34,36-37,48,73H,4-6,9,12-15,18,21-23,29,32,35,38-47,49-72H2,1-3H3/b10-7-,11-8-,19-16-,20-17-,27-24-,28-25-,31-30-,34-33-,37-36-,48-26-. The highest BCUT2D eigenvalue weighted by atomic mass is 16.6. The van der Waals surface area contributed by atoms with Crippen molar-refractivity contribution in [2.75, 3.05) is 13.2 Å². The molecule has 6 nitrogen and oxygen atoms in total. The second kappa shape index (κ2) is 69.3. The summed E-state index contributed by atoms with van der Waals surface area (Å²) in [4.78, 5) is 38.3. The van der Waals surface area contributed by atoms with Crippen LogP contribution in [-0.2, 0) is 28.6 Å². The lowest BCUT2D eigenvalue weighted by Gasteiger charge is -2.18. The normalized spacial score (nSPS) is 12.9. The number of esters is 3. The minimum absolute atomic E-state index is 0.0866. The van der Waals surface area contributed by atoms with Crippen molar-refractivity contribution in [2.24, 2.45) is 0 Å². The molecule has 0 amide bonds. The quantitative estimate of drug-likeness (QED) is 0.0261. The summed E-state index contributed by atoms with van der Waals surface area (Å²) in [5.74, 6) is -0.903. The predicted molar refractivity (Wildman–Crippen MR) is 357 cm³/mol. The molecule has 6 heteroatoms. The van der Waals surface area contributed by atoms with Crippen LogP contribution in [0.3, 0.4) is 0 Å². The highest BCUT2D eigenvalue weighted by Gasteiger charge is 2.19. The largest absolute Gasteiger partial charge is 0.462 e. The first-order valence-electron chi connectivity index (χ1n) is 34.5. The first-order valence-corrected chi connectivity index (χ1v) is 34.5. The van der Waals surface area contributed by atoms with Gasteiger partial charge >= 0.3 is 17.9 Å². The van der Waals surface area contributed by atoms with Crippen molar-refractivity contribution in [3.63, 3.8) is 0 Å². The molecule has 82 heavy (non-hydrogen) atoms. The highest BCUT2D eigenvalue weighted by molar-refractivity contribution is 5.71. The lowest BCUT2D eigenvalue weighted by atomic mass is 10.0. The topological polar surface area (TPSA) is 78.9 Å². The van der Waals surface area contributed by atoms with E-state index in [1.807, 2.05) is 0 Å². The maximum absolute atomic E-state index is 12.9. The Labute approximate surface area is 507 Å². The molecule has 0 aliphatic heterocycles.